The molecule has 1 N–H and O–H groups in total. The maximum atomic E-state index is 11.6. The summed E-state index contributed by atoms with van der Waals surface area (Å²) in [4.78, 5) is 22.9. The van der Waals surface area contributed by atoms with Gasteiger partial charge in [0.05, 0.1) is 12.1 Å². The molecule has 1 aliphatic rings. The van der Waals surface area contributed by atoms with E-state index in [0.717, 1.165) is 10.0 Å². The fourth-order valence-corrected chi connectivity index (χ4v) is 2.24. The van der Waals surface area contributed by atoms with Gasteiger partial charge in [0.25, 0.3) is 0 Å². The maximum absolute atomic E-state index is 11.6. The highest BCUT2D eigenvalue weighted by Gasteiger charge is 2.42. The molecule has 1 rings (SSSR count). The molecule has 0 aromatic heterocycles. The number of ether oxygens (including phenoxy) is 1. The second-order valence-corrected chi connectivity index (χ2v) is 5.72. The number of rotatable bonds is 3. The normalized spacial score (nSPS) is 20.4. The van der Waals surface area contributed by atoms with Crippen LogP contribution in [0.5, 0.6) is 0 Å². The quantitative estimate of drug-likeness (QED) is 0.840. The Hall–Kier alpha value is -1.11. The molecule has 1 fully saturated rings. The van der Waals surface area contributed by atoms with Crippen LogP contribution >= 0.6 is 11.8 Å². The lowest BCUT2D eigenvalue weighted by Crippen LogP contribution is -2.56. The molecule has 0 aromatic rings. The van der Waals surface area contributed by atoms with Crippen LogP contribution in [0.25, 0.3) is 0 Å². The molecule has 0 radical (unpaired) electrons. The zero-order valence-corrected chi connectivity index (χ0v) is 11.3. The van der Waals surface area contributed by atoms with E-state index in [-0.39, 0.29) is 12.6 Å². The number of hydrogen-bond donors (Lipinski definition) is 1. The number of amides is 2. The Morgan fingerprint density at radius 2 is 2.24 bits per heavy atom. The van der Waals surface area contributed by atoms with Crippen LogP contribution in [0.3, 0.4) is 0 Å². The van der Waals surface area contributed by atoms with Gasteiger partial charge >= 0.3 is 12.2 Å². The molecule has 0 bridgehead atoms. The Morgan fingerprint density at radius 1 is 1.65 bits per heavy atom. The molecular weight excluding hydrogens is 244 g/mol. The van der Waals surface area contributed by atoms with Crippen LogP contribution in [-0.4, -0.2) is 57.5 Å². The average molecular weight is 262 g/mol. The Balaban J connectivity index is 2.83. The zero-order valence-electron chi connectivity index (χ0n) is 10.5. The van der Waals surface area contributed by atoms with Crippen molar-refractivity contribution in [3.05, 3.63) is 0 Å². The number of nitrogens with zero attached hydrogens (tertiary/aromatic N) is 2. The van der Waals surface area contributed by atoms with Gasteiger partial charge < -0.3 is 9.84 Å². The van der Waals surface area contributed by atoms with E-state index in [0.29, 0.717) is 5.75 Å². The monoisotopic (exact) mass is 262 g/mol. The van der Waals surface area contributed by atoms with Crippen molar-refractivity contribution in [3.8, 4) is 0 Å². The van der Waals surface area contributed by atoms with E-state index < -0.39 is 17.7 Å². The third kappa shape index (κ3) is 3.18. The van der Waals surface area contributed by atoms with Crippen LogP contribution in [0.2, 0.25) is 0 Å². The van der Waals surface area contributed by atoms with E-state index >= 15 is 0 Å². The van der Waals surface area contributed by atoms with Crippen molar-refractivity contribution >= 4 is 23.9 Å². The third-order valence-corrected chi connectivity index (χ3v) is 2.97. The summed E-state index contributed by atoms with van der Waals surface area (Å²) in [6.07, 6.45) is -0.0859. The standard InChI is InChI=1S/C10H18N2O4S/c1-10(2,3)12(8(13)14)11-5-7(6-17-4)16-9(11)15/h7H,5-6H2,1-4H3,(H,13,14). The number of carbonyl (C=O) groups excluding carboxylic acids is 1. The van der Waals surface area contributed by atoms with Gasteiger partial charge in [0.1, 0.15) is 6.10 Å². The summed E-state index contributed by atoms with van der Waals surface area (Å²) < 4.78 is 5.10. The molecular formula is C10H18N2O4S. The first-order chi connectivity index (χ1) is 7.77. The molecule has 0 saturated carbocycles. The molecule has 1 atom stereocenters. The Bertz CT molecular complexity index is 316. The van der Waals surface area contributed by atoms with Gasteiger partial charge in [-0.05, 0) is 27.0 Å². The average Bonchev–Trinajstić information content (AvgIpc) is 2.44. The second kappa shape index (κ2) is 5.03. The lowest BCUT2D eigenvalue weighted by molar-refractivity contribution is -0.0278. The fourth-order valence-electron chi connectivity index (χ4n) is 1.70. The highest BCUT2D eigenvalue weighted by atomic mass is 32.2. The van der Waals surface area contributed by atoms with Crippen molar-refractivity contribution in [1.82, 2.24) is 10.0 Å². The van der Waals surface area contributed by atoms with Gasteiger partial charge in [0.2, 0.25) is 0 Å². The number of hydrogen-bond acceptors (Lipinski definition) is 4. The third-order valence-electron chi connectivity index (χ3n) is 2.27. The number of carbonyl (C=O) groups is 2. The molecule has 1 unspecified atom stereocenters. The van der Waals surface area contributed by atoms with Crippen LogP contribution in [0, 0.1) is 0 Å². The number of carboxylic acid groups (broad SMARTS) is 1. The summed E-state index contributed by atoms with van der Waals surface area (Å²) in [6.45, 7) is 5.48. The van der Waals surface area contributed by atoms with Crippen LogP contribution in [0.4, 0.5) is 9.59 Å². The van der Waals surface area contributed by atoms with Gasteiger partial charge in [0, 0.05) is 5.75 Å². The first kappa shape index (κ1) is 14.0. The summed E-state index contributed by atoms with van der Waals surface area (Å²) in [5.41, 5.74) is -0.681. The lowest BCUT2D eigenvalue weighted by Gasteiger charge is -2.37. The van der Waals surface area contributed by atoms with E-state index in [2.05, 4.69) is 0 Å². The summed E-state index contributed by atoms with van der Waals surface area (Å²) >= 11 is 1.56. The van der Waals surface area contributed by atoms with Crippen LogP contribution < -0.4 is 0 Å². The van der Waals surface area contributed by atoms with E-state index in [1.54, 1.807) is 32.5 Å². The van der Waals surface area contributed by atoms with Crippen molar-refractivity contribution in [1.29, 1.82) is 0 Å². The SMILES string of the molecule is CSCC1CN(N(C(=O)O)C(C)(C)C)C(=O)O1. The molecule has 0 spiro atoms. The van der Waals surface area contributed by atoms with Crippen molar-refractivity contribution in [2.75, 3.05) is 18.6 Å². The Morgan fingerprint density at radius 3 is 2.65 bits per heavy atom. The molecule has 2 amide bonds. The van der Waals surface area contributed by atoms with Crippen molar-refractivity contribution in [2.45, 2.75) is 32.4 Å². The van der Waals surface area contributed by atoms with Gasteiger partial charge in [-0.1, -0.05) is 0 Å². The fraction of sp³-hybridized carbons (Fsp3) is 0.800. The highest BCUT2D eigenvalue weighted by Crippen LogP contribution is 2.23. The summed E-state index contributed by atoms with van der Waals surface area (Å²) in [6, 6.07) is 0. The molecule has 0 aromatic carbocycles. The maximum Gasteiger partial charge on any atom is 0.429 e. The summed E-state index contributed by atoms with van der Waals surface area (Å²) in [5.74, 6) is 0.667. The molecule has 17 heavy (non-hydrogen) atoms. The minimum atomic E-state index is -1.15. The molecule has 1 heterocycles. The summed E-state index contributed by atoms with van der Waals surface area (Å²) in [7, 11) is 0. The first-order valence-electron chi connectivity index (χ1n) is 5.27. The summed E-state index contributed by atoms with van der Waals surface area (Å²) in [5, 5.41) is 11.4. The van der Waals surface area contributed by atoms with Gasteiger partial charge in [-0.25, -0.2) is 19.6 Å². The van der Waals surface area contributed by atoms with Crippen LogP contribution in [-0.2, 0) is 4.74 Å². The Kier molecular flexibility index (Phi) is 4.13. The van der Waals surface area contributed by atoms with Gasteiger partial charge in [0.15, 0.2) is 0 Å². The Labute approximate surface area is 105 Å². The first-order valence-corrected chi connectivity index (χ1v) is 6.67. The van der Waals surface area contributed by atoms with E-state index in [9.17, 15) is 14.7 Å². The van der Waals surface area contributed by atoms with Gasteiger partial charge in [-0.15, -0.1) is 0 Å². The van der Waals surface area contributed by atoms with Crippen molar-refractivity contribution in [2.24, 2.45) is 0 Å². The lowest BCUT2D eigenvalue weighted by atomic mass is 10.1. The predicted octanol–water partition coefficient (Wildman–Crippen LogP) is 1.86. The number of thioether (sulfide) groups is 1. The molecule has 7 heteroatoms. The topological polar surface area (TPSA) is 70.1 Å². The molecule has 6 nitrogen and oxygen atoms in total. The molecule has 98 valence electrons. The van der Waals surface area contributed by atoms with E-state index in [1.165, 1.54) is 0 Å². The van der Waals surface area contributed by atoms with E-state index in [4.69, 9.17) is 4.74 Å². The van der Waals surface area contributed by atoms with Crippen molar-refractivity contribution in [3.63, 3.8) is 0 Å². The highest BCUT2D eigenvalue weighted by molar-refractivity contribution is 7.98. The smallest absolute Gasteiger partial charge is 0.429 e. The number of hydrazine groups is 1. The van der Waals surface area contributed by atoms with Gasteiger partial charge in [-0.3, -0.25) is 0 Å². The van der Waals surface area contributed by atoms with Crippen molar-refractivity contribution < 1.29 is 19.4 Å². The van der Waals surface area contributed by atoms with E-state index in [1.807, 2.05) is 6.26 Å². The van der Waals surface area contributed by atoms with Crippen LogP contribution in [0.1, 0.15) is 20.8 Å². The molecule has 0 aliphatic carbocycles. The van der Waals surface area contributed by atoms with Gasteiger partial charge in [-0.2, -0.15) is 11.8 Å². The molecule has 1 aliphatic heterocycles. The molecule has 1 saturated heterocycles. The van der Waals surface area contributed by atoms with Crippen LogP contribution in [0.15, 0.2) is 0 Å². The zero-order chi connectivity index (χ0) is 13.2. The largest absolute Gasteiger partial charge is 0.464 e. The minimum Gasteiger partial charge on any atom is -0.464 e. The number of cyclic esters (lactones) is 1. The second-order valence-electron chi connectivity index (χ2n) is 4.81. The predicted molar refractivity (Wildman–Crippen MR) is 65.0 cm³/mol. The minimum absolute atomic E-state index is 0.248.